The maximum absolute atomic E-state index is 12.0. The SMILES string of the molecule is CCS(=O)(=O)Nc1ccc(NC(=O)NC(C)CCC(C)C)cc1C. The molecule has 0 bridgehead atoms. The predicted molar refractivity (Wildman–Crippen MR) is 100.0 cm³/mol. The van der Waals surface area contributed by atoms with Crippen molar-refractivity contribution in [2.24, 2.45) is 5.92 Å². The smallest absolute Gasteiger partial charge is 0.319 e. The minimum atomic E-state index is -3.31. The monoisotopic (exact) mass is 355 g/mol. The average Bonchev–Trinajstić information content (AvgIpc) is 2.48. The number of rotatable bonds is 8. The summed E-state index contributed by atoms with van der Waals surface area (Å²) in [7, 11) is -3.31. The Labute approximate surface area is 145 Å². The number of carbonyl (C=O) groups excluding carboxylic acids is 1. The first-order chi connectivity index (χ1) is 11.1. The normalized spacial score (nSPS) is 12.8. The van der Waals surface area contributed by atoms with Crippen LogP contribution in [0.3, 0.4) is 0 Å². The molecule has 24 heavy (non-hydrogen) atoms. The van der Waals surface area contributed by atoms with Gasteiger partial charge in [-0.1, -0.05) is 13.8 Å². The van der Waals surface area contributed by atoms with E-state index < -0.39 is 10.0 Å². The zero-order chi connectivity index (χ0) is 18.3. The number of aryl methyl sites for hydroxylation is 1. The van der Waals surface area contributed by atoms with E-state index in [4.69, 9.17) is 0 Å². The van der Waals surface area contributed by atoms with Gasteiger partial charge in [0.25, 0.3) is 0 Å². The standard InChI is InChI=1S/C17H29N3O3S/c1-6-24(22,23)20-16-10-9-15(11-13(16)4)19-17(21)18-14(5)8-7-12(2)3/h9-12,14,20H,6-8H2,1-5H3,(H2,18,19,21). The lowest BCUT2D eigenvalue weighted by Gasteiger charge is -2.16. The van der Waals surface area contributed by atoms with E-state index >= 15 is 0 Å². The van der Waals surface area contributed by atoms with Gasteiger partial charge in [0.2, 0.25) is 10.0 Å². The molecule has 7 heteroatoms. The molecule has 0 aliphatic rings. The minimum Gasteiger partial charge on any atom is -0.335 e. The molecule has 136 valence electrons. The summed E-state index contributed by atoms with van der Waals surface area (Å²) in [5, 5.41) is 5.68. The maximum atomic E-state index is 12.0. The molecule has 6 nitrogen and oxygen atoms in total. The van der Waals surface area contributed by atoms with E-state index in [0.717, 1.165) is 18.4 Å². The molecule has 1 unspecified atom stereocenters. The molecule has 0 saturated carbocycles. The van der Waals surface area contributed by atoms with Crippen LogP contribution in [0.2, 0.25) is 0 Å². The Bertz CT molecular complexity index is 657. The largest absolute Gasteiger partial charge is 0.335 e. The van der Waals surface area contributed by atoms with Crippen molar-refractivity contribution in [1.82, 2.24) is 5.32 Å². The molecular formula is C17H29N3O3S. The molecule has 1 rings (SSSR count). The van der Waals surface area contributed by atoms with Gasteiger partial charge in [-0.2, -0.15) is 0 Å². The van der Waals surface area contributed by atoms with Gasteiger partial charge in [0.15, 0.2) is 0 Å². The topological polar surface area (TPSA) is 87.3 Å². The lowest BCUT2D eigenvalue weighted by molar-refractivity contribution is 0.248. The lowest BCUT2D eigenvalue weighted by Crippen LogP contribution is -2.36. The fraction of sp³-hybridized carbons (Fsp3) is 0.588. The summed E-state index contributed by atoms with van der Waals surface area (Å²) in [4.78, 5) is 12.0. The molecule has 2 amide bonds. The predicted octanol–water partition coefficient (Wildman–Crippen LogP) is 3.70. The van der Waals surface area contributed by atoms with Gasteiger partial charge in [0, 0.05) is 11.7 Å². The molecule has 0 aliphatic carbocycles. The molecule has 3 N–H and O–H groups in total. The van der Waals surface area contributed by atoms with Gasteiger partial charge >= 0.3 is 6.03 Å². The third kappa shape index (κ3) is 7.21. The van der Waals surface area contributed by atoms with Crippen molar-refractivity contribution < 1.29 is 13.2 Å². The van der Waals surface area contributed by atoms with E-state index in [1.165, 1.54) is 0 Å². The number of nitrogens with one attached hydrogen (secondary N) is 3. The Morgan fingerprint density at radius 2 is 1.83 bits per heavy atom. The van der Waals surface area contributed by atoms with E-state index in [1.54, 1.807) is 32.0 Å². The van der Waals surface area contributed by atoms with Crippen molar-refractivity contribution in [3.05, 3.63) is 23.8 Å². The van der Waals surface area contributed by atoms with Crippen LogP contribution in [0.15, 0.2) is 18.2 Å². The van der Waals surface area contributed by atoms with Gasteiger partial charge in [-0.25, -0.2) is 13.2 Å². The van der Waals surface area contributed by atoms with Gasteiger partial charge in [-0.15, -0.1) is 0 Å². The van der Waals surface area contributed by atoms with Crippen LogP contribution in [-0.2, 0) is 10.0 Å². The average molecular weight is 356 g/mol. The molecule has 1 aromatic carbocycles. The highest BCUT2D eigenvalue weighted by molar-refractivity contribution is 7.92. The second kappa shape index (κ2) is 8.92. The molecule has 0 fully saturated rings. The first-order valence-corrected chi connectivity index (χ1v) is 9.96. The Kier molecular flexibility index (Phi) is 7.54. The van der Waals surface area contributed by atoms with Gasteiger partial charge in [0.1, 0.15) is 0 Å². The molecule has 0 radical (unpaired) electrons. The number of urea groups is 1. The second-order valence-corrected chi connectivity index (χ2v) is 8.52. The third-order valence-electron chi connectivity index (χ3n) is 3.68. The summed E-state index contributed by atoms with van der Waals surface area (Å²) in [5.41, 5.74) is 1.89. The highest BCUT2D eigenvalue weighted by atomic mass is 32.2. The van der Waals surface area contributed by atoms with Gasteiger partial charge in [-0.3, -0.25) is 4.72 Å². The van der Waals surface area contributed by atoms with Crippen LogP contribution in [0, 0.1) is 12.8 Å². The Hall–Kier alpha value is -1.76. The van der Waals surface area contributed by atoms with E-state index in [1.807, 2.05) is 6.92 Å². The Morgan fingerprint density at radius 1 is 1.17 bits per heavy atom. The van der Waals surface area contributed by atoms with Crippen molar-refractivity contribution in [3.8, 4) is 0 Å². The molecule has 0 spiro atoms. The summed E-state index contributed by atoms with van der Waals surface area (Å²) in [6.07, 6.45) is 1.99. The van der Waals surface area contributed by atoms with Gasteiger partial charge in [0.05, 0.1) is 11.4 Å². The molecule has 0 heterocycles. The molecule has 1 aromatic rings. The van der Waals surface area contributed by atoms with Crippen molar-refractivity contribution in [2.75, 3.05) is 15.8 Å². The summed E-state index contributed by atoms with van der Waals surface area (Å²) >= 11 is 0. The van der Waals surface area contributed by atoms with Gasteiger partial charge < -0.3 is 10.6 Å². The highest BCUT2D eigenvalue weighted by Crippen LogP contribution is 2.21. The summed E-state index contributed by atoms with van der Waals surface area (Å²) < 4.78 is 25.8. The number of sulfonamides is 1. The van der Waals surface area contributed by atoms with E-state index in [2.05, 4.69) is 29.2 Å². The molecule has 0 aromatic heterocycles. The highest BCUT2D eigenvalue weighted by Gasteiger charge is 2.11. The lowest BCUT2D eigenvalue weighted by atomic mass is 10.0. The first-order valence-electron chi connectivity index (χ1n) is 8.31. The van der Waals surface area contributed by atoms with Crippen molar-refractivity contribution in [3.63, 3.8) is 0 Å². The number of carbonyl (C=O) groups is 1. The molecule has 0 aliphatic heterocycles. The molecular weight excluding hydrogens is 326 g/mol. The van der Waals surface area contributed by atoms with Crippen molar-refractivity contribution in [1.29, 1.82) is 0 Å². The fourth-order valence-electron chi connectivity index (χ4n) is 2.14. The zero-order valence-electron chi connectivity index (χ0n) is 15.1. The Balaban J connectivity index is 2.63. The summed E-state index contributed by atoms with van der Waals surface area (Å²) in [6, 6.07) is 4.92. The summed E-state index contributed by atoms with van der Waals surface area (Å²) in [5.74, 6) is 0.628. The maximum Gasteiger partial charge on any atom is 0.319 e. The first kappa shape index (κ1) is 20.3. The third-order valence-corrected chi connectivity index (χ3v) is 4.98. The van der Waals surface area contributed by atoms with Crippen LogP contribution in [0.5, 0.6) is 0 Å². The number of hydrogen-bond donors (Lipinski definition) is 3. The second-order valence-electron chi connectivity index (χ2n) is 6.51. The number of anilines is 2. The van der Waals surface area contributed by atoms with Crippen molar-refractivity contribution in [2.45, 2.75) is 53.5 Å². The van der Waals surface area contributed by atoms with Gasteiger partial charge in [-0.05, 0) is 63.3 Å². The van der Waals surface area contributed by atoms with Crippen LogP contribution in [-0.4, -0.2) is 26.2 Å². The minimum absolute atomic E-state index is 0.0170. The molecule has 0 saturated heterocycles. The quantitative estimate of drug-likeness (QED) is 0.664. The van der Waals surface area contributed by atoms with Crippen LogP contribution in [0.4, 0.5) is 16.2 Å². The summed E-state index contributed by atoms with van der Waals surface area (Å²) in [6.45, 7) is 9.67. The van der Waals surface area contributed by atoms with Crippen LogP contribution in [0.25, 0.3) is 0 Å². The van der Waals surface area contributed by atoms with Crippen LogP contribution >= 0.6 is 0 Å². The van der Waals surface area contributed by atoms with Crippen LogP contribution in [0.1, 0.15) is 46.1 Å². The van der Waals surface area contributed by atoms with Crippen molar-refractivity contribution >= 4 is 27.4 Å². The number of hydrogen-bond acceptors (Lipinski definition) is 3. The number of amides is 2. The number of benzene rings is 1. The molecule has 1 atom stereocenters. The van der Waals surface area contributed by atoms with E-state index in [0.29, 0.717) is 17.3 Å². The zero-order valence-corrected chi connectivity index (χ0v) is 16.0. The van der Waals surface area contributed by atoms with Crippen LogP contribution < -0.4 is 15.4 Å². The van der Waals surface area contributed by atoms with E-state index in [-0.39, 0.29) is 17.8 Å². The Morgan fingerprint density at radius 3 is 2.38 bits per heavy atom. The van der Waals surface area contributed by atoms with E-state index in [9.17, 15) is 13.2 Å². The fourth-order valence-corrected chi connectivity index (χ4v) is 2.85.